The van der Waals surface area contributed by atoms with Gasteiger partial charge in [-0.2, -0.15) is 5.10 Å². The van der Waals surface area contributed by atoms with E-state index in [0.717, 1.165) is 24.4 Å². The van der Waals surface area contributed by atoms with Gasteiger partial charge in [-0.1, -0.05) is 0 Å². The summed E-state index contributed by atoms with van der Waals surface area (Å²) in [7, 11) is 1.83. The van der Waals surface area contributed by atoms with E-state index in [1.54, 1.807) is 9.58 Å². The molecular weight excluding hydrogens is 166 g/mol. The third-order valence-electron chi connectivity index (χ3n) is 2.40. The average molecular weight is 179 g/mol. The molecular formula is C9H13N3O. The Morgan fingerprint density at radius 1 is 1.54 bits per heavy atom. The van der Waals surface area contributed by atoms with Gasteiger partial charge in [0, 0.05) is 25.7 Å². The molecule has 1 aliphatic rings. The van der Waals surface area contributed by atoms with Gasteiger partial charge in [-0.15, -0.1) is 0 Å². The zero-order chi connectivity index (χ0) is 9.42. The second kappa shape index (κ2) is 2.87. The summed E-state index contributed by atoms with van der Waals surface area (Å²) in [6.07, 6.45) is 0.906. The van der Waals surface area contributed by atoms with Gasteiger partial charge in [0.1, 0.15) is 6.54 Å². The Morgan fingerprint density at radius 3 is 3.08 bits per heavy atom. The highest BCUT2D eigenvalue weighted by molar-refractivity contribution is 5.76. The number of likely N-dealkylation sites (N-methyl/N-ethyl adjacent to an activating group) is 1. The zero-order valence-electron chi connectivity index (χ0n) is 7.95. The highest BCUT2D eigenvalue weighted by Crippen LogP contribution is 2.09. The average Bonchev–Trinajstić information content (AvgIpc) is 2.36. The van der Waals surface area contributed by atoms with Crippen LogP contribution in [0, 0.1) is 6.92 Å². The van der Waals surface area contributed by atoms with Crippen LogP contribution in [0.4, 0.5) is 0 Å². The van der Waals surface area contributed by atoms with Gasteiger partial charge in [0.05, 0.1) is 5.69 Å². The minimum atomic E-state index is 0.141. The molecule has 0 fully saturated rings. The molecule has 4 heteroatoms. The van der Waals surface area contributed by atoms with E-state index < -0.39 is 0 Å². The van der Waals surface area contributed by atoms with Crippen molar-refractivity contribution >= 4 is 5.91 Å². The maximum absolute atomic E-state index is 11.5. The number of carbonyl (C=O) groups excluding carboxylic acids is 1. The van der Waals surface area contributed by atoms with Gasteiger partial charge >= 0.3 is 0 Å². The predicted octanol–water partition coefficient (Wildman–Crippen LogP) is 0.206. The third-order valence-corrected chi connectivity index (χ3v) is 2.40. The summed E-state index contributed by atoms with van der Waals surface area (Å²) in [6.45, 7) is 3.14. The fourth-order valence-electron chi connectivity index (χ4n) is 1.59. The topological polar surface area (TPSA) is 38.1 Å². The Kier molecular flexibility index (Phi) is 1.83. The molecule has 1 amide bonds. The Balaban J connectivity index is 2.33. The molecule has 13 heavy (non-hydrogen) atoms. The van der Waals surface area contributed by atoms with Crippen LogP contribution < -0.4 is 0 Å². The van der Waals surface area contributed by atoms with Crippen molar-refractivity contribution in [3.05, 3.63) is 17.5 Å². The highest BCUT2D eigenvalue weighted by atomic mass is 16.2. The second-order valence-electron chi connectivity index (χ2n) is 3.50. The molecule has 0 bridgehead atoms. The number of aryl methyl sites for hydroxylation is 1. The third kappa shape index (κ3) is 1.43. The van der Waals surface area contributed by atoms with Crippen molar-refractivity contribution < 1.29 is 4.79 Å². The van der Waals surface area contributed by atoms with Crippen LogP contribution in [-0.2, 0) is 17.8 Å². The lowest BCUT2D eigenvalue weighted by Crippen LogP contribution is -2.28. The Hall–Kier alpha value is -1.32. The smallest absolute Gasteiger partial charge is 0.244 e. The summed E-state index contributed by atoms with van der Waals surface area (Å²) in [5, 5.41) is 4.27. The summed E-state index contributed by atoms with van der Waals surface area (Å²) < 4.78 is 1.81. The number of nitrogens with zero attached hydrogens (tertiary/aromatic N) is 3. The predicted molar refractivity (Wildman–Crippen MR) is 48.3 cm³/mol. The summed E-state index contributed by atoms with van der Waals surface area (Å²) >= 11 is 0. The molecule has 2 rings (SSSR count). The van der Waals surface area contributed by atoms with Gasteiger partial charge in [-0.25, -0.2) is 0 Å². The molecule has 4 nitrogen and oxygen atoms in total. The number of hydrogen-bond donors (Lipinski definition) is 0. The lowest BCUT2D eigenvalue weighted by atomic mass is 10.3. The summed E-state index contributed by atoms with van der Waals surface area (Å²) in [6, 6.07) is 2.05. The van der Waals surface area contributed by atoms with Gasteiger partial charge in [0.2, 0.25) is 5.91 Å². The first-order chi connectivity index (χ1) is 6.16. The molecule has 2 heterocycles. The van der Waals surface area contributed by atoms with E-state index in [2.05, 4.69) is 5.10 Å². The molecule has 0 unspecified atom stereocenters. The molecule has 0 saturated carbocycles. The maximum Gasteiger partial charge on any atom is 0.244 e. The van der Waals surface area contributed by atoms with Crippen molar-refractivity contribution in [2.45, 2.75) is 19.9 Å². The second-order valence-corrected chi connectivity index (χ2v) is 3.50. The Morgan fingerprint density at radius 2 is 2.31 bits per heavy atom. The lowest BCUT2D eigenvalue weighted by Gasteiger charge is -2.11. The van der Waals surface area contributed by atoms with Crippen molar-refractivity contribution in [2.24, 2.45) is 0 Å². The lowest BCUT2D eigenvalue weighted by molar-refractivity contribution is -0.130. The number of hydrogen-bond acceptors (Lipinski definition) is 2. The van der Waals surface area contributed by atoms with E-state index in [9.17, 15) is 4.79 Å². The SMILES string of the molecule is Cc1cc2n(n1)CC(=O)N(C)CC2. The van der Waals surface area contributed by atoms with Crippen LogP contribution in [-0.4, -0.2) is 34.2 Å². The van der Waals surface area contributed by atoms with Crippen LogP contribution >= 0.6 is 0 Å². The fourth-order valence-corrected chi connectivity index (χ4v) is 1.59. The quantitative estimate of drug-likeness (QED) is 0.571. The molecule has 1 aromatic heterocycles. The van der Waals surface area contributed by atoms with E-state index in [-0.39, 0.29) is 5.91 Å². The number of carbonyl (C=O) groups is 1. The van der Waals surface area contributed by atoms with Crippen LogP contribution in [0.5, 0.6) is 0 Å². The first-order valence-electron chi connectivity index (χ1n) is 4.44. The van der Waals surface area contributed by atoms with E-state index in [4.69, 9.17) is 0 Å². The zero-order valence-corrected chi connectivity index (χ0v) is 7.95. The van der Waals surface area contributed by atoms with Crippen molar-refractivity contribution in [3.8, 4) is 0 Å². The minimum absolute atomic E-state index is 0.141. The van der Waals surface area contributed by atoms with Crippen molar-refractivity contribution in [3.63, 3.8) is 0 Å². The maximum atomic E-state index is 11.5. The van der Waals surface area contributed by atoms with Crippen molar-refractivity contribution in [1.29, 1.82) is 0 Å². The van der Waals surface area contributed by atoms with Gasteiger partial charge in [-0.3, -0.25) is 9.48 Å². The molecule has 0 N–H and O–H groups in total. The van der Waals surface area contributed by atoms with Crippen molar-refractivity contribution in [1.82, 2.24) is 14.7 Å². The minimum Gasteiger partial charge on any atom is -0.344 e. The standard InChI is InChI=1S/C9H13N3O/c1-7-5-8-3-4-11(2)9(13)6-12(8)10-7/h5H,3-4,6H2,1-2H3. The monoisotopic (exact) mass is 179 g/mol. The summed E-state index contributed by atoms with van der Waals surface area (Å²) in [5.74, 6) is 0.141. The largest absolute Gasteiger partial charge is 0.344 e. The van der Waals surface area contributed by atoms with Crippen molar-refractivity contribution in [2.75, 3.05) is 13.6 Å². The van der Waals surface area contributed by atoms with E-state index in [0.29, 0.717) is 6.54 Å². The van der Waals surface area contributed by atoms with Crippen LogP contribution in [0.2, 0.25) is 0 Å². The first-order valence-corrected chi connectivity index (χ1v) is 4.44. The molecule has 1 aromatic rings. The van der Waals surface area contributed by atoms with Crippen LogP contribution in [0.15, 0.2) is 6.07 Å². The summed E-state index contributed by atoms with van der Waals surface area (Å²) in [5.41, 5.74) is 2.16. The molecule has 0 atom stereocenters. The van der Waals surface area contributed by atoms with Crippen LogP contribution in [0.25, 0.3) is 0 Å². The van der Waals surface area contributed by atoms with E-state index >= 15 is 0 Å². The number of fused-ring (bicyclic) bond motifs is 1. The van der Waals surface area contributed by atoms with E-state index in [1.165, 1.54) is 0 Å². The Labute approximate surface area is 77.1 Å². The number of rotatable bonds is 0. The molecule has 0 spiro atoms. The molecule has 70 valence electrons. The Bertz CT molecular complexity index is 343. The molecule has 0 saturated heterocycles. The highest BCUT2D eigenvalue weighted by Gasteiger charge is 2.17. The molecule has 1 aliphatic heterocycles. The van der Waals surface area contributed by atoms with Crippen LogP contribution in [0.3, 0.4) is 0 Å². The molecule has 0 aromatic carbocycles. The van der Waals surface area contributed by atoms with Gasteiger partial charge in [0.15, 0.2) is 0 Å². The number of amides is 1. The molecule has 0 radical (unpaired) electrons. The van der Waals surface area contributed by atoms with Gasteiger partial charge in [0.25, 0.3) is 0 Å². The van der Waals surface area contributed by atoms with Gasteiger partial charge in [-0.05, 0) is 13.0 Å². The molecule has 0 aliphatic carbocycles. The van der Waals surface area contributed by atoms with Crippen LogP contribution in [0.1, 0.15) is 11.4 Å². The van der Waals surface area contributed by atoms with E-state index in [1.807, 2.05) is 20.0 Å². The number of aromatic nitrogens is 2. The fraction of sp³-hybridized carbons (Fsp3) is 0.556. The summed E-state index contributed by atoms with van der Waals surface area (Å²) in [4.78, 5) is 13.2. The van der Waals surface area contributed by atoms with Gasteiger partial charge < -0.3 is 4.90 Å². The normalized spacial score (nSPS) is 17.1. The first kappa shape index (κ1) is 8.29.